The first-order chi connectivity index (χ1) is 13.2. The topological polar surface area (TPSA) is 54.9 Å². The Morgan fingerprint density at radius 2 is 1.85 bits per heavy atom. The highest BCUT2D eigenvalue weighted by molar-refractivity contribution is 5.79. The van der Waals surface area contributed by atoms with Crippen LogP contribution in [0.3, 0.4) is 0 Å². The number of nitrogens with zero attached hydrogens (tertiary/aromatic N) is 1. The molecule has 2 N–H and O–H groups in total. The first-order valence-electron chi connectivity index (χ1n) is 10.4. The predicted molar refractivity (Wildman–Crippen MR) is 112 cm³/mol. The number of guanidine groups is 1. The lowest BCUT2D eigenvalue weighted by Gasteiger charge is -2.30. The number of hydrogen-bond acceptors (Lipinski definition) is 3. The maximum atomic E-state index is 5.63. The van der Waals surface area contributed by atoms with Gasteiger partial charge in [0.15, 0.2) is 5.96 Å². The summed E-state index contributed by atoms with van der Waals surface area (Å²) in [4.78, 5) is 4.82. The molecular formula is C22H37N3O2. The minimum Gasteiger partial charge on any atom is -0.382 e. The molecular weight excluding hydrogens is 338 g/mol. The van der Waals surface area contributed by atoms with Gasteiger partial charge in [-0.15, -0.1) is 0 Å². The molecule has 1 saturated carbocycles. The van der Waals surface area contributed by atoms with E-state index in [1.54, 1.807) is 7.11 Å². The fourth-order valence-corrected chi connectivity index (χ4v) is 3.86. The molecule has 1 aromatic rings. The molecule has 1 aliphatic carbocycles. The summed E-state index contributed by atoms with van der Waals surface area (Å²) in [7, 11) is 1.73. The molecule has 1 aromatic carbocycles. The van der Waals surface area contributed by atoms with Crippen LogP contribution in [0.25, 0.3) is 0 Å². The zero-order valence-electron chi connectivity index (χ0n) is 17.4. The highest BCUT2D eigenvalue weighted by Gasteiger charge is 2.33. The van der Waals surface area contributed by atoms with Crippen LogP contribution in [0.4, 0.5) is 0 Å². The van der Waals surface area contributed by atoms with Crippen LogP contribution in [-0.2, 0) is 22.6 Å². The molecule has 1 aliphatic rings. The third-order valence-corrected chi connectivity index (χ3v) is 5.45. The first-order valence-corrected chi connectivity index (χ1v) is 10.4. The van der Waals surface area contributed by atoms with Gasteiger partial charge in [-0.2, -0.15) is 0 Å². The van der Waals surface area contributed by atoms with Crippen molar-refractivity contribution in [2.24, 2.45) is 10.4 Å². The molecule has 1 fully saturated rings. The number of nitrogens with one attached hydrogen (secondary N) is 2. The second-order valence-electron chi connectivity index (χ2n) is 7.40. The molecule has 27 heavy (non-hydrogen) atoms. The molecule has 0 amide bonds. The van der Waals surface area contributed by atoms with Crippen molar-refractivity contribution in [2.45, 2.75) is 59.1 Å². The Labute approximate surface area is 164 Å². The quantitative estimate of drug-likeness (QED) is 0.350. The summed E-state index contributed by atoms with van der Waals surface area (Å²) < 4.78 is 10.9. The van der Waals surface area contributed by atoms with Crippen molar-refractivity contribution >= 4 is 5.96 Å². The van der Waals surface area contributed by atoms with Gasteiger partial charge in [-0.3, -0.25) is 0 Å². The molecule has 0 radical (unpaired) electrons. The minimum absolute atomic E-state index is 0.347. The standard InChI is InChI=1S/C22H37N3O2/c1-4-23-21(24-16-19-10-6-7-11-20(19)17-26-3)25-18-22(12-8-9-13-22)14-15-27-5-2/h6-7,10-11H,4-5,8-9,12-18H2,1-3H3,(H2,23,24,25). The molecule has 0 saturated heterocycles. The van der Waals surface area contributed by atoms with E-state index in [1.165, 1.54) is 36.8 Å². The highest BCUT2D eigenvalue weighted by Crippen LogP contribution is 2.40. The fourth-order valence-electron chi connectivity index (χ4n) is 3.86. The van der Waals surface area contributed by atoms with E-state index in [9.17, 15) is 0 Å². The Balaban J connectivity index is 1.98. The van der Waals surface area contributed by atoms with Gasteiger partial charge < -0.3 is 20.1 Å². The average molecular weight is 376 g/mol. The van der Waals surface area contributed by atoms with E-state index in [0.717, 1.165) is 38.7 Å². The van der Waals surface area contributed by atoms with E-state index in [1.807, 2.05) is 6.07 Å². The summed E-state index contributed by atoms with van der Waals surface area (Å²) >= 11 is 0. The summed E-state index contributed by atoms with van der Waals surface area (Å²) in [6, 6.07) is 8.34. The number of hydrogen-bond donors (Lipinski definition) is 2. The van der Waals surface area contributed by atoms with Crippen LogP contribution in [0.1, 0.15) is 57.1 Å². The second kappa shape index (κ2) is 12.0. The fraction of sp³-hybridized carbons (Fsp3) is 0.682. The van der Waals surface area contributed by atoms with Crippen LogP contribution < -0.4 is 10.6 Å². The van der Waals surface area contributed by atoms with Crippen molar-refractivity contribution in [2.75, 3.05) is 33.4 Å². The van der Waals surface area contributed by atoms with E-state index in [-0.39, 0.29) is 0 Å². The molecule has 0 heterocycles. The number of ether oxygens (including phenoxy) is 2. The van der Waals surface area contributed by atoms with E-state index >= 15 is 0 Å². The molecule has 2 rings (SSSR count). The lowest BCUT2D eigenvalue weighted by atomic mass is 9.83. The van der Waals surface area contributed by atoms with E-state index in [2.05, 4.69) is 42.7 Å². The molecule has 5 nitrogen and oxygen atoms in total. The molecule has 0 aromatic heterocycles. The van der Waals surface area contributed by atoms with Gasteiger partial charge >= 0.3 is 0 Å². The highest BCUT2D eigenvalue weighted by atomic mass is 16.5. The van der Waals surface area contributed by atoms with E-state index in [4.69, 9.17) is 14.5 Å². The van der Waals surface area contributed by atoms with Gasteiger partial charge in [-0.05, 0) is 49.7 Å². The number of benzene rings is 1. The van der Waals surface area contributed by atoms with Crippen LogP contribution in [0.2, 0.25) is 0 Å². The molecule has 0 unspecified atom stereocenters. The first kappa shape index (κ1) is 21.7. The van der Waals surface area contributed by atoms with Crippen LogP contribution >= 0.6 is 0 Å². The Bertz CT molecular complexity index is 568. The monoisotopic (exact) mass is 375 g/mol. The van der Waals surface area contributed by atoms with Crippen LogP contribution in [-0.4, -0.2) is 39.4 Å². The van der Waals surface area contributed by atoms with Crippen LogP contribution in [0, 0.1) is 5.41 Å². The molecule has 0 bridgehead atoms. The van der Waals surface area contributed by atoms with Crippen molar-refractivity contribution < 1.29 is 9.47 Å². The van der Waals surface area contributed by atoms with Gasteiger partial charge in [0.1, 0.15) is 0 Å². The van der Waals surface area contributed by atoms with E-state index in [0.29, 0.717) is 18.6 Å². The van der Waals surface area contributed by atoms with Crippen molar-refractivity contribution in [1.82, 2.24) is 10.6 Å². The molecule has 5 heteroatoms. The summed E-state index contributed by atoms with van der Waals surface area (Å²) in [6.45, 7) is 8.93. The summed E-state index contributed by atoms with van der Waals surface area (Å²) in [5.41, 5.74) is 2.76. The maximum absolute atomic E-state index is 5.63. The molecule has 152 valence electrons. The second-order valence-corrected chi connectivity index (χ2v) is 7.40. The Morgan fingerprint density at radius 3 is 2.52 bits per heavy atom. The Kier molecular flexibility index (Phi) is 9.64. The third-order valence-electron chi connectivity index (χ3n) is 5.45. The lowest BCUT2D eigenvalue weighted by Crippen LogP contribution is -2.43. The normalized spacial score (nSPS) is 16.5. The molecule has 0 spiro atoms. The van der Waals surface area contributed by atoms with Gasteiger partial charge in [-0.1, -0.05) is 37.1 Å². The maximum Gasteiger partial charge on any atom is 0.191 e. The van der Waals surface area contributed by atoms with Gasteiger partial charge in [0.2, 0.25) is 0 Å². The van der Waals surface area contributed by atoms with Crippen molar-refractivity contribution in [1.29, 1.82) is 0 Å². The van der Waals surface area contributed by atoms with Crippen molar-refractivity contribution in [3.8, 4) is 0 Å². The van der Waals surface area contributed by atoms with E-state index < -0.39 is 0 Å². The van der Waals surface area contributed by atoms with Gasteiger partial charge in [0.05, 0.1) is 13.2 Å². The zero-order valence-corrected chi connectivity index (χ0v) is 17.4. The number of methoxy groups -OCH3 is 1. The van der Waals surface area contributed by atoms with Crippen molar-refractivity contribution in [3.63, 3.8) is 0 Å². The van der Waals surface area contributed by atoms with Gasteiger partial charge in [0.25, 0.3) is 0 Å². The third kappa shape index (κ3) is 7.15. The molecule has 0 atom stereocenters. The smallest absolute Gasteiger partial charge is 0.191 e. The number of aliphatic imine (C=N–C) groups is 1. The van der Waals surface area contributed by atoms with Crippen LogP contribution in [0.5, 0.6) is 0 Å². The summed E-state index contributed by atoms with van der Waals surface area (Å²) in [5.74, 6) is 0.896. The Morgan fingerprint density at radius 1 is 1.11 bits per heavy atom. The van der Waals surface area contributed by atoms with Gasteiger partial charge in [0, 0.05) is 33.4 Å². The average Bonchev–Trinajstić information content (AvgIpc) is 3.15. The largest absolute Gasteiger partial charge is 0.382 e. The summed E-state index contributed by atoms with van der Waals surface area (Å²) in [6.07, 6.45) is 6.34. The van der Waals surface area contributed by atoms with Gasteiger partial charge in [-0.25, -0.2) is 4.99 Å². The molecule has 0 aliphatic heterocycles. The lowest BCUT2D eigenvalue weighted by molar-refractivity contribution is 0.105. The summed E-state index contributed by atoms with van der Waals surface area (Å²) in [5, 5.41) is 6.99. The van der Waals surface area contributed by atoms with Crippen LogP contribution in [0.15, 0.2) is 29.3 Å². The Hall–Kier alpha value is -1.59. The van der Waals surface area contributed by atoms with Crippen molar-refractivity contribution in [3.05, 3.63) is 35.4 Å². The zero-order chi connectivity index (χ0) is 19.4. The minimum atomic E-state index is 0.347. The SMILES string of the molecule is CCNC(=NCc1ccccc1COC)NCC1(CCOCC)CCCC1. The predicted octanol–water partition coefficient (Wildman–Crippen LogP) is 3.88. The number of rotatable bonds is 11.